The van der Waals surface area contributed by atoms with E-state index in [-0.39, 0.29) is 5.91 Å². The van der Waals surface area contributed by atoms with Gasteiger partial charge in [0, 0.05) is 4.88 Å². The molecule has 0 radical (unpaired) electrons. The summed E-state index contributed by atoms with van der Waals surface area (Å²) < 4.78 is 11.2. The highest BCUT2D eigenvalue weighted by atomic mass is 32.1. The number of hydrogen-bond acceptors (Lipinski definition) is 6. The maximum absolute atomic E-state index is 13.0. The fourth-order valence-corrected chi connectivity index (χ4v) is 3.94. The first kappa shape index (κ1) is 19.8. The van der Waals surface area contributed by atoms with Gasteiger partial charge in [0.1, 0.15) is 23.3 Å². The number of carbonyl (C=O) groups excluding carboxylic acids is 1. The summed E-state index contributed by atoms with van der Waals surface area (Å²) >= 11 is 1.39. The smallest absolute Gasteiger partial charge is 0.265 e. The lowest BCUT2D eigenvalue weighted by Crippen LogP contribution is -2.26. The number of aromatic nitrogens is 2. The van der Waals surface area contributed by atoms with E-state index in [9.17, 15) is 4.79 Å². The van der Waals surface area contributed by atoms with E-state index < -0.39 is 6.04 Å². The Kier molecular flexibility index (Phi) is 5.90. The molecule has 0 saturated carbocycles. The molecule has 4 rings (SSSR count). The average Bonchev–Trinajstić information content (AvgIpc) is 3.40. The van der Waals surface area contributed by atoms with Crippen LogP contribution in [0.3, 0.4) is 0 Å². The molecular formula is C23H21N3O3S. The van der Waals surface area contributed by atoms with Crippen LogP contribution in [0.1, 0.15) is 39.9 Å². The molecule has 1 unspecified atom stereocenters. The van der Waals surface area contributed by atoms with Crippen molar-refractivity contribution in [2.24, 2.45) is 0 Å². The number of nitrogens with one attached hydrogen (secondary N) is 1. The molecule has 7 heteroatoms. The zero-order chi connectivity index (χ0) is 20.9. The molecule has 0 aliphatic heterocycles. The highest BCUT2D eigenvalue weighted by Crippen LogP contribution is 2.37. The third-order valence-electron chi connectivity index (χ3n) is 4.46. The molecule has 2 heterocycles. The number of benzene rings is 2. The predicted octanol–water partition coefficient (Wildman–Crippen LogP) is 5.18. The van der Waals surface area contributed by atoms with E-state index in [4.69, 9.17) is 9.26 Å². The van der Waals surface area contributed by atoms with Crippen LogP contribution < -0.4 is 10.1 Å². The molecule has 152 valence electrons. The van der Waals surface area contributed by atoms with E-state index in [2.05, 4.69) is 15.5 Å². The van der Waals surface area contributed by atoms with Crippen molar-refractivity contribution in [1.82, 2.24) is 15.5 Å². The minimum Gasteiger partial charge on any atom is -0.487 e. The van der Waals surface area contributed by atoms with Gasteiger partial charge in [-0.2, -0.15) is 4.98 Å². The fourth-order valence-electron chi connectivity index (χ4n) is 2.93. The second-order valence-electron chi connectivity index (χ2n) is 6.82. The molecule has 1 atom stereocenters. The van der Waals surface area contributed by atoms with E-state index in [1.54, 1.807) is 13.8 Å². The number of hydrogen-bond donors (Lipinski definition) is 1. The van der Waals surface area contributed by atoms with Crippen LogP contribution in [0.4, 0.5) is 0 Å². The number of rotatable bonds is 7. The molecule has 1 amide bonds. The Morgan fingerprint density at radius 2 is 1.83 bits per heavy atom. The number of nitrogens with zero attached hydrogens (tertiary/aromatic N) is 2. The molecule has 2 aromatic heterocycles. The van der Waals surface area contributed by atoms with E-state index >= 15 is 0 Å². The van der Waals surface area contributed by atoms with Gasteiger partial charge in [-0.25, -0.2) is 0 Å². The van der Waals surface area contributed by atoms with Crippen molar-refractivity contribution in [3.05, 3.63) is 88.9 Å². The van der Waals surface area contributed by atoms with Gasteiger partial charge in [0.15, 0.2) is 5.82 Å². The average molecular weight is 420 g/mol. The largest absolute Gasteiger partial charge is 0.487 e. The second kappa shape index (κ2) is 8.92. The van der Waals surface area contributed by atoms with E-state index in [0.29, 0.717) is 28.9 Å². The minimum atomic E-state index is -0.414. The summed E-state index contributed by atoms with van der Waals surface area (Å²) in [6, 6.07) is 21.3. The van der Waals surface area contributed by atoms with Crippen molar-refractivity contribution in [3.8, 4) is 16.2 Å². The third-order valence-corrected chi connectivity index (χ3v) is 5.63. The molecule has 0 aliphatic rings. The van der Waals surface area contributed by atoms with E-state index in [0.717, 1.165) is 16.0 Å². The standard InChI is InChI=1S/C23H21N3O3S/c1-15(23-25-16(2)26-29-23)24-22(27)21-19(28-14-17-9-5-3-6-10-17)13-20(30-21)18-11-7-4-8-12-18/h3-13,15H,14H2,1-2H3,(H,24,27). The van der Waals surface area contributed by atoms with Crippen LogP contribution in [0, 0.1) is 6.92 Å². The van der Waals surface area contributed by atoms with Gasteiger partial charge in [0.25, 0.3) is 5.91 Å². The number of carbonyl (C=O) groups is 1. The van der Waals surface area contributed by atoms with Crippen LogP contribution in [-0.2, 0) is 6.61 Å². The zero-order valence-corrected chi connectivity index (χ0v) is 17.5. The molecule has 30 heavy (non-hydrogen) atoms. The number of amides is 1. The van der Waals surface area contributed by atoms with Crippen molar-refractivity contribution < 1.29 is 14.1 Å². The molecule has 1 N–H and O–H groups in total. The van der Waals surface area contributed by atoms with Crippen LogP contribution in [0.25, 0.3) is 10.4 Å². The Bertz CT molecular complexity index is 1120. The first-order valence-electron chi connectivity index (χ1n) is 9.57. The lowest BCUT2D eigenvalue weighted by atomic mass is 10.2. The predicted molar refractivity (Wildman–Crippen MR) is 115 cm³/mol. The lowest BCUT2D eigenvalue weighted by molar-refractivity contribution is 0.0932. The summed E-state index contributed by atoms with van der Waals surface area (Å²) in [5, 5.41) is 6.71. The van der Waals surface area contributed by atoms with Crippen molar-refractivity contribution in [2.75, 3.05) is 0 Å². The highest BCUT2D eigenvalue weighted by molar-refractivity contribution is 7.17. The van der Waals surface area contributed by atoms with Crippen LogP contribution in [-0.4, -0.2) is 16.0 Å². The maximum atomic E-state index is 13.0. The Morgan fingerprint density at radius 1 is 1.13 bits per heavy atom. The summed E-state index contributed by atoms with van der Waals surface area (Å²) in [6.07, 6.45) is 0. The van der Waals surface area contributed by atoms with Crippen molar-refractivity contribution >= 4 is 17.2 Å². The lowest BCUT2D eigenvalue weighted by Gasteiger charge is -2.11. The number of ether oxygens (including phenoxy) is 1. The van der Waals surface area contributed by atoms with Gasteiger partial charge in [0.05, 0.1) is 0 Å². The normalized spacial score (nSPS) is 11.8. The summed E-state index contributed by atoms with van der Waals surface area (Å²) in [6.45, 7) is 3.92. The zero-order valence-electron chi connectivity index (χ0n) is 16.7. The molecule has 0 bridgehead atoms. The van der Waals surface area contributed by atoms with Gasteiger partial charge in [-0.3, -0.25) is 4.79 Å². The van der Waals surface area contributed by atoms with Crippen LogP contribution >= 0.6 is 11.3 Å². The Morgan fingerprint density at radius 3 is 2.50 bits per heavy atom. The molecular weight excluding hydrogens is 398 g/mol. The molecule has 0 aliphatic carbocycles. The first-order valence-corrected chi connectivity index (χ1v) is 10.4. The Balaban J connectivity index is 1.59. The van der Waals surface area contributed by atoms with E-state index in [1.807, 2.05) is 66.7 Å². The van der Waals surface area contributed by atoms with Gasteiger partial charge in [-0.15, -0.1) is 11.3 Å². The summed E-state index contributed by atoms with van der Waals surface area (Å²) in [5.74, 6) is 1.20. The van der Waals surface area contributed by atoms with Gasteiger partial charge in [-0.1, -0.05) is 65.8 Å². The monoisotopic (exact) mass is 419 g/mol. The molecule has 0 fully saturated rings. The van der Waals surface area contributed by atoms with Gasteiger partial charge < -0.3 is 14.6 Å². The van der Waals surface area contributed by atoms with Crippen LogP contribution in [0.5, 0.6) is 5.75 Å². The topological polar surface area (TPSA) is 77.2 Å². The SMILES string of the molecule is Cc1noc(C(C)NC(=O)c2sc(-c3ccccc3)cc2OCc2ccccc2)n1. The quantitative estimate of drug-likeness (QED) is 0.447. The van der Waals surface area contributed by atoms with Crippen molar-refractivity contribution in [1.29, 1.82) is 0 Å². The minimum absolute atomic E-state index is 0.242. The third kappa shape index (κ3) is 4.58. The molecule has 4 aromatic rings. The fraction of sp³-hybridized carbons (Fsp3) is 0.174. The second-order valence-corrected chi connectivity index (χ2v) is 7.87. The summed E-state index contributed by atoms with van der Waals surface area (Å²) in [4.78, 5) is 18.7. The van der Waals surface area contributed by atoms with Crippen molar-refractivity contribution in [2.45, 2.75) is 26.5 Å². The van der Waals surface area contributed by atoms with Gasteiger partial charge in [0.2, 0.25) is 5.89 Å². The Hall–Kier alpha value is -3.45. The Labute approximate surface area is 178 Å². The first-order chi connectivity index (χ1) is 14.6. The van der Waals surface area contributed by atoms with Crippen LogP contribution in [0.2, 0.25) is 0 Å². The highest BCUT2D eigenvalue weighted by Gasteiger charge is 2.22. The summed E-state index contributed by atoms with van der Waals surface area (Å²) in [7, 11) is 0. The van der Waals surface area contributed by atoms with Gasteiger partial charge in [-0.05, 0) is 31.0 Å². The number of thiophene rings is 1. The van der Waals surface area contributed by atoms with Crippen LogP contribution in [0.15, 0.2) is 71.3 Å². The van der Waals surface area contributed by atoms with Crippen molar-refractivity contribution in [3.63, 3.8) is 0 Å². The summed E-state index contributed by atoms with van der Waals surface area (Å²) in [5.41, 5.74) is 2.07. The van der Waals surface area contributed by atoms with Gasteiger partial charge >= 0.3 is 0 Å². The van der Waals surface area contributed by atoms with E-state index in [1.165, 1.54) is 11.3 Å². The molecule has 0 spiro atoms. The maximum Gasteiger partial charge on any atom is 0.265 e. The molecule has 0 saturated heterocycles. The number of aryl methyl sites for hydroxylation is 1. The molecule has 2 aromatic carbocycles. The molecule has 6 nitrogen and oxygen atoms in total.